The Morgan fingerprint density at radius 2 is 2.14 bits per heavy atom. The fourth-order valence-electron chi connectivity index (χ4n) is 1.73. The molecule has 1 atom stereocenters. The summed E-state index contributed by atoms with van der Waals surface area (Å²) in [6, 6.07) is 3.07. The third-order valence-corrected chi connectivity index (χ3v) is 3.22. The zero-order chi connectivity index (χ0) is 15.8. The van der Waals surface area contributed by atoms with Gasteiger partial charge in [0.2, 0.25) is 5.91 Å². The lowest BCUT2D eigenvalue weighted by Gasteiger charge is -2.12. The van der Waals surface area contributed by atoms with E-state index in [9.17, 15) is 4.79 Å². The van der Waals surface area contributed by atoms with Crippen LogP contribution in [0.15, 0.2) is 12.1 Å². The highest BCUT2D eigenvalue weighted by atomic mass is 35.5. The molecule has 0 saturated carbocycles. The third-order valence-electron chi connectivity index (χ3n) is 2.70. The molecule has 118 valence electrons. The minimum absolute atomic E-state index is 0.0133. The predicted octanol–water partition coefficient (Wildman–Crippen LogP) is 3.35. The standard InChI is InChI=1S/C14H20Cl2N2O3/c1-9(8-20-2)21-5-3-4-13(19)18-14-11(16)6-10(15)7-12(14)17/h6-7,9H,3-5,8,17H2,1-2H3,(H,18,19). The van der Waals surface area contributed by atoms with E-state index in [-0.39, 0.29) is 12.0 Å². The molecular formula is C14H20Cl2N2O3. The van der Waals surface area contributed by atoms with E-state index in [0.29, 0.717) is 47.5 Å². The highest BCUT2D eigenvalue weighted by Crippen LogP contribution is 2.32. The van der Waals surface area contributed by atoms with Crippen LogP contribution < -0.4 is 11.1 Å². The van der Waals surface area contributed by atoms with Gasteiger partial charge in [-0.1, -0.05) is 23.2 Å². The van der Waals surface area contributed by atoms with Gasteiger partial charge < -0.3 is 20.5 Å². The Bertz CT molecular complexity index is 460. The van der Waals surface area contributed by atoms with Crippen molar-refractivity contribution < 1.29 is 14.3 Å². The Morgan fingerprint density at radius 1 is 1.43 bits per heavy atom. The van der Waals surface area contributed by atoms with Crippen LogP contribution >= 0.6 is 23.2 Å². The molecule has 7 heteroatoms. The van der Waals surface area contributed by atoms with Crippen LogP contribution in [-0.2, 0) is 14.3 Å². The van der Waals surface area contributed by atoms with Gasteiger partial charge in [-0.25, -0.2) is 0 Å². The fourth-order valence-corrected chi connectivity index (χ4v) is 2.28. The van der Waals surface area contributed by atoms with Gasteiger partial charge in [-0.3, -0.25) is 4.79 Å². The van der Waals surface area contributed by atoms with Crippen molar-refractivity contribution in [2.75, 3.05) is 31.4 Å². The summed E-state index contributed by atoms with van der Waals surface area (Å²) in [5, 5.41) is 3.43. The van der Waals surface area contributed by atoms with Gasteiger partial charge >= 0.3 is 0 Å². The number of methoxy groups -OCH3 is 1. The number of rotatable bonds is 8. The number of anilines is 2. The van der Waals surface area contributed by atoms with Crippen LogP contribution in [0.2, 0.25) is 10.0 Å². The zero-order valence-corrected chi connectivity index (χ0v) is 13.6. The quantitative estimate of drug-likeness (QED) is 0.564. The molecule has 1 amide bonds. The topological polar surface area (TPSA) is 73.6 Å². The first-order chi connectivity index (χ1) is 9.93. The first-order valence-corrected chi connectivity index (χ1v) is 7.34. The zero-order valence-electron chi connectivity index (χ0n) is 12.1. The minimum atomic E-state index is -0.172. The van der Waals surface area contributed by atoms with Gasteiger partial charge in [0.05, 0.1) is 29.1 Å². The van der Waals surface area contributed by atoms with E-state index < -0.39 is 0 Å². The van der Waals surface area contributed by atoms with Crippen LogP contribution in [-0.4, -0.2) is 32.3 Å². The number of ether oxygens (including phenoxy) is 2. The van der Waals surface area contributed by atoms with Gasteiger partial charge in [0.15, 0.2) is 0 Å². The summed E-state index contributed by atoms with van der Waals surface area (Å²) in [5.41, 5.74) is 6.50. The molecule has 0 radical (unpaired) electrons. The molecule has 5 nitrogen and oxygen atoms in total. The van der Waals surface area contributed by atoms with Gasteiger partial charge in [-0.2, -0.15) is 0 Å². The van der Waals surface area contributed by atoms with Crippen LogP contribution in [0.4, 0.5) is 11.4 Å². The number of nitrogen functional groups attached to an aromatic ring is 1. The summed E-state index contributed by atoms with van der Waals surface area (Å²) < 4.78 is 10.4. The van der Waals surface area contributed by atoms with E-state index in [0.717, 1.165) is 0 Å². The van der Waals surface area contributed by atoms with Crippen LogP contribution in [0, 0.1) is 0 Å². The van der Waals surface area contributed by atoms with Crippen molar-refractivity contribution in [2.45, 2.75) is 25.9 Å². The predicted molar refractivity (Wildman–Crippen MR) is 86.0 cm³/mol. The molecule has 21 heavy (non-hydrogen) atoms. The largest absolute Gasteiger partial charge is 0.397 e. The second kappa shape index (κ2) is 9.10. The first kappa shape index (κ1) is 18.0. The maximum atomic E-state index is 11.8. The molecular weight excluding hydrogens is 315 g/mol. The summed E-state index contributed by atoms with van der Waals surface area (Å²) >= 11 is 11.8. The molecule has 1 unspecified atom stereocenters. The molecule has 1 rings (SSSR count). The van der Waals surface area contributed by atoms with Crippen molar-refractivity contribution in [3.8, 4) is 0 Å². The molecule has 0 fully saturated rings. The number of hydrogen-bond acceptors (Lipinski definition) is 4. The molecule has 1 aromatic carbocycles. The second-order valence-corrected chi connectivity index (χ2v) is 5.48. The lowest BCUT2D eigenvalue weighted by molar-refractivity contribution is -0.116. The molecule has 0 aliphatic rings. The van der Waals surface area contributed by atoms with Gasteiger partial charge in [-0.05, 0) is 25.5 Å². The van der Waals surface area contributed by atoms with Gasteiger partial charge in [0, 0.05) is 25.2 Å². The summed E-state index contributed by atoms with van der Waals surface area (Å²) in [6.07, 6.45) is 0.933. The van der Waals surface area contributed by atoms with Gasteiger partial charge in [0.1, 0.15) is 0 Å². The summed E-state index contributed by atoms with van der Waals surface area (Å²) in [4.78, 5) is 11.8. The molecule has 0 heterocycles. The fraction of sp³-hybridized carbons (Fsp3) is 0.500. The number of carbonyl (C=O) groups excluding carboxylic acids is 1. The van der Waals surface area contributed by atoms with Crippen LogP contribution in [0.3, 0.4) is 0 Å². The average molecular weight is 335 g/mol. The van der Waals surface area contributed by atoms with Crippen molar-refractivity contribution in [2.24, 2.45) is 0 Å². The van der Waals surface area contributed by atoms with E-state index in [1.54, 1.807) is 13.2 Å². The number of carbonyl (C=O) groups is 1. The number of benzene rings is 1. The highest BCUT2D eigenvalue weighted by Gasteiger charge is 2.10. The Hall–Kier alpha value is -1.01. The maximum Gasteiger partial charge on any atom is 0.224 e. The van der Waals surface area contributed by atoms with Crippen molar-refractivity contribution in [3.05, 3.63) is 22.2 Å². The Labute approximate surface area is 134 Å². The van der Waals surface area contributed by atoms with Crippen LogP contribution in [0.5, 0.6) is 0 Å². The van der Waals surface area contributed by atoms with E-state index >= 15 is 0 Å². The van der Waals surface area contributed by atoms with Crippen molar-refractivity contribution in [3.63, 3.8) is 0 Å². The maximum absolute atomic E-state index is 11.8. The minimum Gasteiger partial charge on any atom is -0.397 e. The first-order valence-electron chi connectivity index (χ1n) is 6.59. The highest BCUT2D eigenvalue weighted by molar-refractivity contribution is 6.37. The summed E-state index contributed by atoms with van der Waals surface area (Å²) in [7, 11) is 1.62. The second-order valence-electron chi connectivity index (χ2n) is 4.64. The van der Waals surface area contributed by atoms with E-state index in [4.69, 9.17) is 38.4 Å². The number of halogens is 2. The van der Waals surface area contributed by atoms with Crippen molar-refractivity contribution in [1.29, 1.82) is 0 Å². The smallest absolute Gasteiger partial charge is 0.224 e. The third kappa shape index (κ3) is 6.52. The van der Waals surface area contributed by atoms with E-state index in [1.807, 2.05) is 6.92 Å². The van der Waals surface area contributed by atoms with Crippen LogP contribution in [0.25, 0.3) is 0 Å². The summed E-state index contributed by atoms with van der Waals surface area (Å²) in [6.45, 7) is 2.93. The normalized spacial score (nSPS) is 12.2. The molecule has 0 aliphatic heterocycles. The van der Waals surface area contributed by atoms with Gasteiger partial charge in [-0.15, -0.1) is 0 Å². The molecule has 0 aromatic heterocycles. The lowest BCUT2D eigenvalue weighted by atomic mass is 10.2. The molecule has 0 saturated heterocycles. The Kier molecular flexibility index (Phi) is 7.82. The van der Waals surface area contributed by atoms with E-state index in [2.05, 4.69) is 5.32 Å². The number of nitrogens with two attached hydrogens (primary N) is 1. The van der Waals surface area contributed by atoms with Gasteiger partial charge in [0.25, 0.3) is 0 Å². The number of hydrogen-bond donors (Lipinski definition) is 2. The Morgan fingerprint density at radius 3 is 2.76 bits per heavy atom. The lowest BCUT2D eigenvalue weighted by Crippen LogP contribution is -2.17. The molecule has 0 bridgehead atoms. The molecule has 1 aromatic rings. The number of nitrogens with one attached hydrogen (secondary N) is 1. The van der Waals surface area contributed by atoms with E-state index in [1.165, 1.54) is 6.07 Å². The van der Waals surface area contributed by atoms with Crippen molar-refractivity contribution >= 4 is 40.5 Å². The molecule has 0 aliphatic carbocycles. The van der Waals surface area contributed by atoms with Crippen LogP contribution in [0.1, 0.15) is 19.8 Å². The number of amides is 1. The SMILES string of the molecule is COCC(C)OCCCC(=O)Nc1c(N)cc(Cl)cc1Cl. The average Bonchev–Trinajstić information content (AvgIpc) is 2.39. The molecule has 3 N–H and O–H groups in total. The molecule has 0 spiro atoms. The Balaban J connectivity index is 2.38. The summed E-state index contributed by atoms with van der Waals surface area (Å²) in [5.74, 6) is -0.172. The van der Waals surface area contributed by atoms with Crippen molar-refractivity contribution in [1.82, 2.24) is 0 Å². The monoisotopic (exact) mass is 334 g/mol.